The largest absolute Gasteiger partial charge is 0.354 e. The zero-order chi connectivity index (χ0) is 44.6. The molecule has 0 saturated heterocycles. The third-order valence-electron chi connectivity index (χ3n) is 15.0. The molecule has 2 aliphatic heterocycles. The molecule has 3 aromatic heterocycles. The van der Waals surface area contributed by atoms with E-state index in [1.54, 1.807) is 0 Å². The van der Waals surface area contributed by atoms with E-state index in [2.05, 4.69) is 156 Å². The highest BCUT2D eigenvalue weighted by atomic mass is 16.6. The van der Waals surface area contributed by atoms with Crippen LogP contribution in [0.4, 0.5) is 0 Å². The van der Waals surface area contributed by atoms with Crippen LogP contribution in [0.25, 0.3) is 66.6 Å². The summed E-state index contributed by atoms with van der Waals surface area (Å²) >= 11 is 0. The van der Waals surface area contributed by atoms with Crippen LogP contribution < -0.4 is 0 Å². The molecule has 9 aromatic rings. The topological polar surface area (TPSA) is 100 Å². The highest BCUT2D eigenvalue weighted by Crippen LogP contribution is 2.56. The Morgan fingerprint density at radius 1 is 0.418 bits per heavy atom. The lowest BCUT2D eigenvalue weighted by molar-refractivity contribution is -0.584. The Kier molecular flexibility index (Phi) is 9.07. The van der Waals surface area contributed by atoms with Crippen molar-refractivity contribution in [3.63, 3.8) is 0 Å². The third-order valence-corrected chi connectivity index (χ3v) is 15.0. The predicted octanol–water partition coefficient (Wildman–Crippen LogP) is 13.7. The van der Waals surface area contributed by atoms with Gasteiger partial charge in [0.25, 0.3) is 5.54 Å². The fourth-order valence-corrected chi connectivity index (χ4v) is 12.0. The minimum absolute atomic E-state index is 0.0165. The SMILES string of the molecule is O=[N+]([O-])C12Cc3ccccc3CC1c1nc2c(-c2ccccc2)c2ccc([nH]2)c(-c2ccccc2)c2nc(c(-c3ccccc3)c3ccc([nH]3)c1-c1ccccc1)C1Cc3ccccc3CC21. The smallest absolute Gasteiger partial charge is 0.276 e. The van der Waals surface area contributed by atoms with Crippen molar-refractivity contribution in [2.75, 3.05) is 0 Å². The van der Waals surface area contributed by atoms with E-state index in [9.17, 15) is 10.1 Å². The van der Waals surface area contributed by atoms with Gasteiger partial charge in [0.1, 0.15) is 5.69 Å². The third kappa shape index (κ3) is 6.18. The lowest BCUT2D eigenvalue weighted by Gasteiger charge is -2.34. The van der Waals surface area contributed by atoms with Crippen molar-refractivity contribution < 1.29 is 4.92 Å². The van der Waals surface area contributed by atoms with Gasteiger partial charge in [-0.25, -0.2) is 4.98 Å². The molecule has 0 radical (unpaired) electrons. The first-order valence-corrected chi connectivity index (χ1v) is 23.3. The van der Waals surface area contributed by atoms with Crippen molar-refractivity contribution in [1.82, 2.24) is 19.9 Å². The number of hydrogen-bond acceptors (Lipinski definition) is 4. The van der Waals surface area contributed by atoms with E-state index in [0.717, 1.165) is 102 Å². The van der Waals surface area contributed by atoms with Gasteiger partial charge in [0.2, 0.25) is 0 Å². The molecule has 4 aliphatic rings. The number of nitrogens with one attached hydrogen (secondary N) is 2. The number of fused-ring (bicyclic) bond motifs is 16. The number of nitrogens with zero attached hydrogens (tertiary/aromatic N) is 3. The number of nitro groups is 1. The van der Waals surface area contributed by atoms with Crippen molar-refractivity contribution in [2.45, 2.75) is 49.0 Å². The van der Waals surface area contributed by atoms with Gasteiger partial charge in [-0.1, -0.05) is 170 Å². The van der Waals surface area contributed by atoms with E-state index in [1.165, 1.54) is 11.1 Å². The van der Waals surface area contributed by atoms with Crippen LogP contribution in [0, 0.1) is 10.1 Å². The Balaban J connectivity index is 1.26. The normalized spacial score (nSPS) is 19.1. The summed E-state index contributed by atoms with van der Waals surface area (Å²) in [4.78, 5) is 34.1. The predicted molar refractivity (Wildman–Crippen MR) is 267 cm³/mol. The second kappa shape index (κ2) is 15.5. The zero-order valence-electron chi connectivity index (χ0n) is 36.7. The van der Waals surface area contributed by atoms with Gasteiger partial charge in [0.05, 0.1) is 29.4 Å². The first kappa shape index (κ1) is 39.2. The van der Waals surface area contributed by atoms with E-state index < -0.39 is 11.5 Å². The summed E-state index contributed by atoms with van der Waals surface area (Å²) < 4.78 is 0. The maximum atomic E-state index is 14.5. The molecule has 2 N–H and O–H groups in total. The van der Waals surface area contributed by atoms with Gasteiger partial charge in [-0.15, -0.1) is 0 Å². The molecule has 67 heavy (non-hydrogen) atoms. The Morgan fingerprint density at radius 3 is 1.21 bits per heavy atom. The maximum Gasteiger partial charge on any atom is 0.276 e. The number of hydrogen-bond donors (Lipinski definition) is 2. The van der Waals surface area contributed by atoms with Crippen molar-refractivity contribution in [3.05, 3.63) is 249 Å². The summed E-state index contributed by atoms with van der Waals surface area (Å²) in [7, 11) is 0. The number of aromatic amines is 2. The van der Waals surface area contributed by atoms with Gasteiger partial charge in [0, 0.05) is 61.1 Å². The van der Waals surface area contributed by atoms with E-state index in [4.69, 9.17) is 9.97 Å². The second-order valence-corrected chi connectivity index (χ2v) is 18.5. The summed E-state index contributed by atoms with van der Waals surface area (Å²) in [5.74, 6) is -0.406. The molecule has 7 nitrogen and oxygen atoms in total. The summed E-state index contributed by atoms with van der Waals surface area (Å²) in [5, 5.41) is 14.5. The van der Waals surface area contributed by atoms with Gasteiger partial charge in [0.15, 0.2) is 0 Å². The first-order chi connectivity index (χ1) is 33.0. The lowest BCUT2D eigenvalue weighted by atomic mass is 9.67. The number of H-pyrrole nitrogens is 2. The van der Waals surface area contributed by atoms with Crippen LogP contribution in [-0.4, -0.2) is 24.9 Å². The van der Waals surface area contributed by atoms with Crippen LogP contribution in [0.15, 0.2) is 194 Å². The quantitative estimate of drug-likeness (QED) is 0.133. The summed E-state index contributed by atoms with van der Waals surface area (Å²) in [6.07, 6.45) is 2.38. The van der Waals surface area contributed by atoms with Crippen LogP contribution in [0.3, 0.4) is 0 Å². The van der Waals surface area contributed by atoms with Gasteiger partial charge in [-0.05, 0) is 88.0 Å². The summed E-state index contributed by atoms with van der Waals surface area (Å²) in [6.45, 7) is 0. The molecule has 4 atom stereocenters. The summed E-state index contributed by atoms with van der Waals surface area (Å²) in [5.41, 5.74) is 17.6. The molecule has 322 valence electrons. The first-order valence-electron chi connectivity index (χ1n) is 23.3. The van der Waals surface area contributed by atoms with Crippen LogP contribution in [0.2, 0.25) is 0 Å². The fourth-order valence-electron chi connectivity index (χ4n) is 12.0. The molecule has 8 bridgehead atoms. The molecule has 0 saturated carbocycles. The van der Waals surface area contributed by atoms with Gasteiger partial charge < -0.3 is 9.97 Å². The Bertz CT molecular complexity index is 3580. The fraction of sp³-hybridized carbons (Fsp3) is 0.133. The van der Waals surface area contributed by atoms with Crippen molar-refractivity contribution in [1.29, 1.82) is 0 Å². The standard InChI is InChI=1S/C60H45N5O2/c66-65(67)60-36-44-28-16-15-27-43(44)35-47(60)58-54(39-21-9-3-10-22-39)50-30-29-48(61-50)52(37-17-5-1-6-18-37)56-45-33-41-25-13-14-26-42(41)34-46(45)57(63-56)53(38-19-7-2-8-20-38)49-31-32-51(62-49)55(59(60)64-58)40-23-11-4-12-24-40/h1-32,45-47,61-62H,33-36H2. The average Bonchev–Trinajstić information content (AvgIpc) is 4.19. The highest BCUT2D eigenvalue weighted by molar-refractivity contribution is 5.93. The van der Waals surface area contributed by atoms with Crippen molar-refractivity contribution >= 4 is 22.1 Å². The molecule has 4 unspecified atom stereocenters. The molecule has 5 heterocycles. The van der Waals surface area contributed by atoms with Crippen molar-refractivity contribution in [2.24, 2.45) is 0 Å². The van der Waals surface area contributed by atoms with E-state index >= 15 is 0 Å². The number of aromatic nitrogens is 4. The molecular weight excluding hydrogens is 823 g/mol. The van der Waals surface area contributed by atoms with Gasteiger partial charge in [-0.3, -0.25) is 15.1 Å². The van der Waals surface area contributed by atoms with Crippen LogP contribution >= 0.6 is 0 Å². The van der Waals surface area contributed by atoms with Crippen LogP contribution in [-0.2, 0) is 31.2 Å². The second-order valence-electron chi connectivity index (χ2n) is 18.5. The minimum Gasteiger partial charge on any atom is -0.354 e. The number of benzene rings is 6. The van der Waals surface area contributed by atoms with Crippen molar-refractivity contribution in [3.8, 4) is 44.5 Å². The molecule has 0 spiro atoms. The van der Waals surface area contributed by atoms with Gasteiger partial charge in [-0.2, -0.15) is 0 Å². The molecule has 0 amide bonds. The monoisotopic (exact) mass is 867 g/mol. The number of rotatable bonds is 5. The molecule has 13 rings (SSSR count). The molecule has 2 aliphatic carbocycles. The van der Waals surface area contributed by atoms with Crippen LogP contribution in [0.5, 0.6) is 0 Å². The van der Waals surface area contributed by atoms with E-state index in [0.29, 0.717) is 17.8 Å². The molecule has 7 heteroatoms. The van der Waals surface area contributed by atoms with Crippen LogP contribution in [0.1, 0.15) is 62.8 Å². The lowest BCUT2D eigenvalue weighted by Crippen LogP contribution is -2.45. The van der Waals surface area contributed by atoms with E-state index in [1.807, 2.05) is 48.5 Å². The summed E-state index contributed by atoms with van der Waals surface area (Å²) in [6, 6.07) is 67.4. The molecular formula is C60H45N5O2. The maximum absolute atomic E-state index is 14.5. The Morgan fingerprint density at radius 2 is 0.776 bits per heavy atom. The highest BCUT2D eigenvalue weighted by Gasteiger charge is 2.62. The van der Waals surface area contributed by atoms with E-state index in [-0.39, 0.29) is 23.2 Å². The Labute approximate surface area is 388 Å². The molecule has 0 fully saturated rings. The average molecular weight is 868 g/mol. The van der Waals surface area contributed by atoms with Gasteiger partial charge >= 0.3 is 0 Å². The Hall–Kier alpha value is -8.16. The zero-order valence-corrected chi connectivity index (χ0v) is 36.7. The minimum atomic E-state index is -1.58. The molecule has 6 aromatic carbocycles.